The van der Waals surface area contributed by atoms with E-state index in [4.69, 9.17) is 4.74 Å². The van der Waals surface area contributed by atoms with E-state index in [9.17, 15) is 13.2 Å². The van der Waals surface area contributed by atoms with Gasteiger partial charge in [-0.3, -0.25) is 9.10 Å². The molecule has 0 saturated carbocycles. The first-order valence-corrected chi connectivity index (χ1v) is 11.1. The van der Waals surface area contributed by atoms with Crippen molar-refractivity contribution in [1.82, 2.24) is 5.32 Å². The summed E-state index contributed by atoms with van der Waals surface area (Å²) >= 11 is 3.32. The maximum absolute atomic E-state index is 13.3. The third-order valence-corrected chi connectivity index (χ3v) is 6.42. The first-order chi connectivity index (χ1) is 13.1. The smallest absolute Gasteiger partial charge is 0.264 e. The van der Waals surface area contributed by atoms with Crippen LogP contribution in [0.2, 0.25) is 0 Å². The second kappa shape index (κ2) is 9.43. The Morgan fingerprint density at radius 3 is 2.36 bits per heavy atom. The van der Waals surface area contributed by atoms with Gasteiger partial charge in [-0.1, -0.05) is 31.5 Å². The van der Waals surface area contributed by atoms with E-state index in [-0.39, 0.29) is 23.3 Å². The SMILES string of the molecule is COc1ccc(S(=O)(=O)N(CC(=O)NCC(C)C)c2ccc(C)cc2)cc1Br. The highest BCUT2D eigenvalue weighted by molar-refractivity contribution is 9.10. The van der Waals surface area contributed by atoms with Gasteiger partial charge in [-0.05, 0) is 59.1 Å². The molecule has 0 aliphatic carbocycles. The summed E-state index contributed by atoms with van der Waals surface area (Å²) in [6, 6.07) is 11.5. The van der Waals surface area contributed by atoms with Crippen molar-refractivity contribution in [2.75, 3.05) is 24.5 Å². The van der Waals surface area contributed by atoms with Crippen LogP contribution in [0.1, 0.15) is 19.4 Å². The zero-order valence-corrected chi connectivity index (χ0v) is 18.8. The molecule has 0 fully saturated rings. The number of amides is 1. The highest BCUT2D eigenvalue weighted by atomic mass is 79.9. The van der Waals surface area contributed by atoms with Crippen molar-refractivity contribution in [2.45, 2.75) is 25.7 Å². The molecule has 0 unspecified atom stereocenters. The second-order valence-electron chi connectivity index (χ2n) is 6.84. The summed E-state index contributed by atoms with van der Waals surface area (Å²) in [6.07, 6.45) is 0. The van der Waals surface area contributed by atoms with Crippen LogP contribution in [-0.2, 0) is 14.8 Å². The average molecular weight is 469 g/mol. The molecule has 2 aromatic carbocycles. The van der Waals surface area contributed by atoms with Crippen molar-refractivity contribution in [1.29, 1.82) is 0 Å². The first kappa shape index (κ1) is 22.2. The fourth-order valence-corrected chi connectivity index (χ4v) is 4.61. The minimum atomic E-state index is -3.96. The van der Waals surface area contributed by atoms with Gasteiger partial charge in [0.2, 0.25) is 5.91 Å². The second-order valence-corrected chi connectivity index (χ2v) is 9.56. The fourth-order valence-electron chi connectivity index (χ4n) is 2.47. The van der Waals surface area contributed by atoms with Gasteiger partial charge in [-0.2, -0.15) is 0 Å². The summed E-state index contributed by atoms with van der Waals surface area (Å²) in [5, 5.41) is 2.77. The Labute approximate surface area is 175 Å². The Bertz CT molecular complexity index is 928. The maximum atomic E-state index is 13.3. The van der Waals surface area contributed by atoms with E-state index in [1.165, 1.54) is 19.2 Å². The number of anilines is 1. The van der Waals surface area contributed by atoms with Crippen molar-refractivity contribution < 1.29 is 17.9 Å². The van der Waals surface area contributed by atoms with Crippen molar-refractivity contribution in [3.8, 4) is 5.75 Å². The molecule has 8 heteroatoms. The number of aryl methyl sites for hydroxylation is 1. The normalized spacial score (nSPS) is 11.4. The Morgan fingerprint density at radius 2 is 1.82 bits per heavy atom. The summed E-state index contributed by atoms with van der Waals surface area (Å²) in [5.74, 6) is 0.437. The molecule has 0 heterocycles. The summed E-state index contributed by atoms with van der Waals surface area (Å²) < 4.78 is 33.5. The van der Waals surface area contributed by atoms with E-state index >= 15 is 0 Å². The van der Waals surface area contributed by atoms with E-state index in [1.54, 1.807) is 18.2 Å². The number of nitrogens with one attached hydrogen (secondary N) is 1. The number of hydrogen-bond donors (Lipinski definition) is 1. The average Bonchev–Trinajstić information content (AvgIpc) is 2.65. The van der Waals surface area contributed by atoms with Gasteiger partial charge in [0.15, 0.2) is 0 Å². The molecule has 0 aliphatic rings. The van der Waals surface area contributed by atoms with Gasteiger partial charge < -0.3 is 10.1 Å². The number of methoxy groups -OCH3 is 1. The van der Waals surface area contributed by atoms with Gasteiger partial charge in [0.05, 0.1) is 22.2 Å². The van der Waals surface area contributed by atoms with Crippen LogP contribution >= 0.6 is 15.9 Å². The van der Waals surface area contributed by atoms with Crippen LogP contribution in [-0.4, -0.2) is 34.5 Å². The third-order valence-electron chi connectivity index (χ3n) is 4.03. The molecular formula is C20H25BrN2O4S. The molecule has 0 aromatic heterocycles. The molecule has 152 valence electrons. The lowest BCUT2D eigenvalue weighted by Gasteiger charge is -2.24. The van der Waals surface area contributed by atoms with Crippen LogP contribution in [0.4, 0.5) is 5.69 Å². The van der Waals surface area contributed by atoms with Gasteiger partial charge in [-0.25, -0.2) is 8.42 Å². The lowest BCUT2D eigenvalue weighted by molar-refractivity contribution is -0.119. The number of carbonyl (C=O) groups excluding carboxylic acids is 1. The molecule has 0 atom stereocenters. The van der Waals surface area contributed by atoms with Gasteiger partial charge in [-0.15, -0.1) is 0 Å². The summed E-state index contributed by atoms with van der Waals surface area (Å²) in [6.45, 7) is 6.04. The molecule has 28 heavy (non-hydrogen) atoms. The van der Waals surface area contributed by atoms with E-state index in [1.807, 2.05) is 32.9 Å². The number of carbonyl (C=O) groups is 1. The highest BCUT2D eigenvalue weighted by Crippen LogP contribution is 2.30. The van der Waals surface area contributed by atoms with E-state index < -0.39 is 10.0 Å². The Balaban J connectivity index is 2.43. The quantitative estimate of drug-likeness (QED) is 0.640. The monoisotopic (exact) mass is 468 g/mol. The van der Waals surface area contributed by atoms with E-state index in [0.29, 0.717) is 22.5 Å². The summed E-state index contributed by atoms with van der Waals surface area (Å²) in [4.78, 5) is 12.5. The highest BCUT2D eigenvalue weighted by Gasteiger charge is 2.28. The Morgan fingerprint density at radius 1 is 1.18 bits per heavy atom. The molecule has 2 rings (SSSR count). The number of hydrogen-bond acceptors (Lipinski definition) is 4. The molecule has 0 radical (unpaired) electrons. The molecule has 0 spiro atoms. The predicted octanol–water partition coefficient (Wildman–Crippen LogP) is 3.73. The van der Waals surface area contributed by atoms with Gasteiger partial charge in [0.1, 0.15) is 12.3 Å². The van der Waals surface area contributed by atoms with E-state index in [0.717, 1.165) is 9.87 Å². The number of halogens is 1. The topological polar surface area (TPSA) is 75.7 Å². The van der Waals surface area contributed by atoms with Crippen LogP contribution in [0, 0.1) is 12.8 Å². The summed E-state index contributed by atoms with van der Waals surface area (Å²) in [5.41, 5.74) is 1.43. The molecular weight excluding hydrogens is 444 g/mol. The van der Waals surface area contributed by atoms with Crippen molar-refractivity contribution in [2.24, 2.45) is 5.92 Å². The van der Waals surface area contributed by atoms with Crippen LogP contribution < -0.4 is 14.4 Å². The molecule has 6 nitrogen and oxygen atoms in total. The van der Waals surface area contributed by atoms with Crippen LogP contribution in [0.5, 0.6) is 5.75 Å². The predicted molar refractivity (Wildman–Crippen MR) is 114 cm³/mol. The number of nitrogens with zero attached hydrogens (tertiary/aromatic N) is 1. The zero-order chi connectivity index (χ0) is 20.9. The number of sulfonamides is 1. The molecule has 2 aromatic rings. The maximum Gasteiger partial charge on any atom is 0.264 e. The lowest BCUT2D eigenvalue weighted by Crippen LogP contribution is -2.41. The number of ether oxygens (including phenoxy) is 1. The molecule has 1 N–H and O–H groups in total. The van der Waals surface area contributed by atoms with Gasteiger partial charge in [0, 0.05) is 6.54 Å². The standard InChI is InChI=1S/C20H25BrN2O4S/c1-14(2)12-22-20(24)13-23(16-7-5-15(3)6-8-16)28(25,26)17-9-10-19(27-4)18(21)11-17/h5-11,14H,12-13H2,1-4H3,(H,22,24). The first-order valence-electron chi connectivity index (χ1n) is 8.84. The van der Waals surface area contributed by atoms with E-state index in [2.05, 4.69) is 21.2 Å². The van der Waals surface area contributed by atoms with Crippen molar-refractivity contribution >= 4 is 37.5 Å². The van der Waals surface area contributed by atoms with Gasteiger partial charge >= 0.3 is 0 Å². The molecule has 0 saturated heterocycles. The van der Waals surface area contributed by atoms with Crippen LogP contribution in [0.15, 0.2) is 51.8 Å². The van der Waals surface area contributed by atoms with Gasteiger partial charge in [0.25, 0.3) is 10.0 Å². The molecule has 1 amide bonds. The zero-order valence-electron chi connectivity index (χ0n) is 16.4. The van der Waals surface area contributed by atoms with Crippen LogP contribution in [0.3, 0.4) is 0 Å². The van der Waals surface area contributed by atoms with Crippen molar-refractivity contribution in [3.05, 3.63) is 52.5 Å². The Kier molecular flexibility index (Phi) is 7.48. The summed E-state index contributed by atoms with van der Waals surface area (Å²) in [7, 11) is -2.46. The fraction of sp³-hybridized carbons (Fsp3) is 0.350. The largest absolute Gasteiger partial charge is 0.496 e. The number of benzene rings is 2. The third kappa shape index (κ3) is 5.48. The Hall–Kier alpha value is -2.06. The molecule has 0 aliphatic heterocycles. The minimum absolute atomic E-state index is 0.0670. The molecule has 0 bridgehead atoms. The van der Waals surface area contributed by atoms with Crippen molar-refractivity contribution in [3.63, 3.8) is 0 Å². The lowest BCUT2D eigenvalue weighted by atomic mass is 10.2. The number of rotatable bonds is 8. The minimum Gasteiger partial charge on any atom is -0.496 e. The van der Waals surface area contributed by atoms with Crippen LogP contribution in [0.25, 0.3) is 0 Å².